The number of hydroxylamine groups is 1. The quantitative estimate of drug-likeness (QED) is 0.844. The standard InChI is InChI=1S/C14H16ClN3O/c1-2-8-18(19)14-12(16)6-7-13(17-14)10-4-3-5-11(15)9-10/h3-7,9,18H,2,8,16H2,1H3. The second kappa shape index (κ2) is 6.02. The number of pyridine rings is 1. The number of rotatable bonds is 4. The molecule has 0 spiro atoms. The Bertz CT molecular complexity index is 574. The third kappa shape index (κ3) is 3.23. The highest BCUT2D eigenvalue weighted by Gasteiger charge is 2.11. The van der Waals surface area contributed by atoms with Gasteiger partial charge in [-0.05, 0) is 30.7 Å². The molecule has 0 aliphatic carbocycles. The summed E-state index contributed by atoms with van der Waals surface area (Å²) in [5.74, 6) is 0.347. The van der Waals surface area contributed by atoms with Gasteiger partial charge in [0, 0.05) is 10.6 Å². The number of nitrogens with two attached hydrogens (primary N) is 1. The van der Waals surface area contributed by atoms with E-state index in [9.17, 15) is 5.21 Å². The maximum absolute atomic E-state index is 11.9. The first-order valence-electron chi connectivity index (χ1n) is 6.17. The molecular weight excluding hydrogens is 262 g/mol. The molecule has 0 fully saturated rings. The first-order chi connectivity index (χ1) is 9.11. The summed E-state index contributed by atoms with van der Waals surface area (Å²) in [4.78, 5) is 4.37. The zero-order valence-electron chi connectivity index (χ0n) is 10.7. The third-order valence-corrected chi connectivity index (χ3v) is 3.02. The van der Waals surface area contributed by atoms with Gasteiger partial charge in [-0.15, -0.1) is 0 Å². The summed E-state index contributed by atoms with van der Waals surface area (Å²) in [6, 6.07) is 10.9. The molecule has 19 heavy (non-hydrogen) atoms. The highest BCUT2D eigenvalue weighted by molar-refractivity contribution is 6.30. The zero-order valence-corrected chi connectivity index (χ0v) is 11.4. The molecule has 0 aliphatic heterocycles. The molecule has 1 unspecified atom stereocenters. The Hall–Kier alpha value is -1.62. The number of halogens is 1. The van der Waals surface area contributed by atoms with Gasteiger partial charge in [-0.3, -0.25) is 0 Å². The minimum absolute atomic E-state index is 0.0242. The molecule has 0 bridgehead atoms. The van der Waals surface area contributed by atoms with Gasteiger partial charge in [-0.2, -0.15) is 4.98 Å². The van der Waals surface area contributed by atoms with E-state index in [1.54, 1.807) is 18.2 Å². The van der Waals surface area contributed by atoms with Crippen molar-refractivity contribution in [3.63, 3.8) is 0 Å². The lowest BCUT2D eigenvalue weighted by Crippen LogP contribution is -3.02. The topological polar surface area (TPSA) is 66.4 Å². The molecule has 0 radical (unpaired) electrons. The van der Waals surface area contributed by atoms with E-state index in [1.807, 2.05) is 25.1 Å². The molecule has 1 atom stereocenters. The molecular formula is C14H16ClN3O. The second-order valence-corrected chi connectivity index (χ2v) is 4.75. The second-order valence-electron chi connectivity index (χ2n) is 4.32. The molecule has 2 rings (SSSR count). The van der Waals surface area contributed by atoms with Crippen LogP contribution in [0.15, 0.2) is 36.4 Å². The molecule has 0 amide bonds. The largest absolute Gasteiger partial charge is 0.628 e. The van der Waals surface area contributed by atoms with Crippen molar-refractivity contribution in [1.29, 1.82) is 0 Å². The Morgan fingerprint density at radius 1 is 1.32 bits per heavy atom. The van der Waals surface area contributed by atoms with Gasteiger partial charge in [0.1, 0.15) is 5.69 Å². The highest BCUT2D eigenvalue weighted by atomic mass is 35.5. The molecule has 4 nitrogen and oxygen atoms in total. The van der Waals surface area contributed by atoms with Crippen LogP contribution in [0, 0.1) is 5.21 Å². The average molecular weight is 278 g/mol. The van der Waals surface area contributed by atoms with Crippen LogP contribution in [0.5, 0.6) is 0 Å². The molecule has 2 aromatic rings. The molecule has 100 valence electrons. The maximum atomic E-state index is 11.9. The molecule has 1 heterocycles. The van der Waals surface area contributed by atoms with E-state index in [2.05, 4.69) is 4.98 Å². The van der Waals surface area contributed by atoms with Gasteiger partial charge < -0.3 is 16.0 Å². The minimum Gasteiger partial charge on any atom is -0.628 e. The molecule has 5 heteroatoms. The number of aromatic nitrogens is 1. The third-order valence-electron chi connectivity index (χ3n) is 2.79. The van der Waals surface area contributed by atoms with Crippen LogP contribution in [0.2, 0.25) is 5.02 Å². The van der Waals surface area contributed by atoms with Crippen molar-refractivity contribution in [2.24, 2.45) is 0 Å². The fourth-order valence-electron chi connectivity index (χ4n) is 1.85. The van der Waals surface area contributed by atoms with Crippen LogP contribution in [0.25, 0.3) is 11.3 Å². The number of nitrogens with zero attached hydrogens (tertiary/aromatic N) is 1. The Balaban J connectivity index is 2.41. The van der Waals surface area contributed by atoms with E-state index in [1.165, 1.54) is 0 Å². The average Bonchev–Trinajstić information content (AvgIpc) is 2.39. The number of benzene rings is 1. The number of hydrogen-bond donors (Lipinski definition) is 2. The lowest BCUT2D eigenvalue weighted by Gasteiger charge is -2.21. The van der Waals surface area contributed by atoms with Crippen LogP contribution in [-0.4, -0.2) is 11.5 Å². The van der Waals surface area contributed by atoms with Gasteiger partial charge in [-0.1, -0.05) is 30.7 Å². The van der Waals surface area contributed by atoms with Crippen LogP contribution < -0.4 is 10.8 Å². The van der Waals surface area contributed by atoms with Crippen molar-refractivity contribution in [2.75, 3.05) is 12.3 Å². The predicted octanol–water partition coefficient (Wildman–Crippen LogP) is 2.41. The molecule has 3 N–H and O–H groups in total. The van der Waals surface area contributed by atoms with Crippen molar-refractivity contribution < 1.29 is 5.06 Å². The maximum Gasteiger partial charge on any atom is 0.249 e. The van der Waals surface area contributed by atoms with Crippen LogP contribution in [0.3, 0.4) is 0 Å². The zero-order chi connectivity index (χ0) is 13.8. The summed E-state index contributed by atoms with van der Waals surface area (Å²) in [5.41, 5.74) is 7.82. The van der Waals surface area contributed by atoms with Crippen LogP contribution in [0.4, 0.5) is 11.5 Å². The Morgan fingerprint density at radius 2 is 2.11 bits per heavy atom. The summed E-state index contributed by atoms with van der Waals surface area (Å²) in [5, 5.41) is 12.6. The van der Waals surface area contributed by atoms with Crippen molar-refractivity contribution in [2.45, 2.75) is 13.3 Å². The van der Waals surface area contributed by atoms with Gasteiger partial charge in [0.15, 0.2) is 0 Å². The number of anilines is 1. The molecule has 1 aromatic carbocycles. The van der Waals surface area contributed by atoms with Gasteiger partial charge in [0.25, 0.3) is 0 Å². The summed E-state index contributed by atoms with van der Waals surface area (Å²) in [6.45, 7) is 2.41. The van der Waals surface area contributed by atoms with Crippen LogP contribution >= 0.6 is 11.6 Å². The first-order valence-corrected chi connectivity index (χ1v) is 6.55. The first kappa shape index (κ1) is 13.8. The Labute approximate surface area is 117 Å². The number of nitrogen functional groups attached to an aromatic ring is 1. The van der Waals surface area contributed by atoms with E-state index in [4.69, 9.17) is 17.3 Å². The molecule has 0 saturated heterocycles. The number of hydrogen-bond acceptors (Lipinski definition) is 3. The fourth-order valence-corrected chi connectivity index (χ4v) is 2.04. The Morgan fingerprint density at radius 3 is 2.79 bits per heavy atom. The van der Waals surface area contributed by atoms with Crippen LogP contribution in [-0.2, 0) is 0 Å². The van der Waals surface area contributed by atoms with E-state index in [0.717, 1.165) is 12.0 Å². The normalized spacial score (nSPS) is 12.4. The SMILES string of the molecule is CCC[NH+]([O-])c1nc(-c2cccc(Cl)c2)ccc1N. The van der Waals surface area contributed by atoms with Crippen molar-refractivity contribution in [3.05, 3.63) is 46.6 Å². The van der Waals surface area contributed by atoms with Gasteiger partial charge in [0.05, 0.1) is 12.2 Å². The lowest BCUT2D eigenvalue weighted by atomic mass is 10.1. The number of nitrogens with one attached hydrogen (secondary N) is 1. The smallest absolute Gasteiger partial charge is 0.249 e. The minimum atomic E-state index is -0.0242. The fraction of sp³-hybridized carbons (Fsp3) is 0.214. The number of quaternary nitrogens is 1. The van der Waals surface area contributed by atoms with E-state index >= 15 is 0 Å². The molecule has 0 saturated carbocycles. The summed E-state index contributed by atoms with van der Waals surface area (Å²) < 4.78 is 0. The van der Waals surface area contributed by atoms with E-state index in [-0.39, 0.29) is 5.06 Å². The van der Waals surface area contributed by atoms with Crippen molar-refractivity contribution in [1.82, 2.24) is 4.98 Å². The summed E-state index contributed by atoms with van der Waals surface area (Å²) in [7, 11) is 0. The summed E-state index contributed by atoms with van der Waals surface area (Å²) >= 11 is 5.96. The monoisotopic (exact) mass is 277 g/mol. The van der Waals surface area contributed by atoms with Gasteiger partial charge in [0.2, 0.25) is 5.82 Å². The summed E-state index contributed by atoms with van der Waals surface area (Å²) in [6.07, 6.45) is 0.779. The van der Waals surface area contributed by atoms with E-state index in [0.29, 0.717) is 28.8 Å². The van der Waals surface area contributed by atoms with Crippen LogP contribution in [0.1, 0.15) is 13.3 Å². The highest BCUT2D eigenvalue weighted by Crippen LogP contribution is 2.23. The van der Waals surface area contributed by atoms with Gasteiger partial charge in [-0.25, -0.2) is 0 Å². The predicted molar refractivity (Wildman–Crippen MR) is 78.2 cm³/mol. The lowest BCUT2D eigenvalue weighted by molar-refractivity contribution is -0.778. The van der Waals surface area contributed by atoms with E-state index < -0.39 is 0 Å². The van der Waals surface area contributed by atoms with Gasteiger partial charge >= 0.3 is 0 Å². The molecule has 0 aliphatic rings. The molecule has 1 aromatic heterocycles. The van der Waals surface area contributed by atoms with Crippen molar-refractivity contribution in [3.8, 4) is 11.3 Å². The van der Waals surface area contributed by atoms with Crippen molar-refractivity contribution >= 4 is 23.1 Å². The Kier molecular flexibility index (Phi) is 4.37.